The SMILES string of the molecule is CCN(CC)C(=O)[C@H](N[C@H]1CCc2ncnn2C1)c1ccccc1. The van der Waals surface area contributed by atoms with E-state index >= 15 is 0 Å². The Balaban J connectivity index is 1.79. The van der Waals surface area contributed by atoms with E-state index in [9.17, 15) is 4.79 Å². The molecule has 0 fully saturated rings. The molecule has 1 aliphatic rings. The molecule has 0 radical (unpaired) electrons. The number of rotatable bonds is 6. The summed E-state index contributed by atoms with van der Waals surface area (Å²) in [5, 5.41) is 7.84. The fraction of sp³-hybridized carbons (Fsp3) is 0.500. The van der Waals surface area contributed by atoms with Gasteiger partial charge >= 0.3 is 0 Å². The Morgan fingerprint density at radius 3 is 2.79 bits per heavy atom. The zero-order valence-corrected chi connectivity index (χ0v) is 14.4. The number of carbonyl (C=O) groups excluding carboxylic acids is 1. The number of benzene rings is 1. The van der Waals surface area contributed by atoms with Gasteiger partial charge in [0.25, 0.3) is 0 Å². The topological polar surface area (TPSA) is 63.1 Å². The third-order valence-corrected chi connectivity index (χ3v) is 4.66. The van der Waals surface area contributed by atoms with Gasteiger partial charge in [-0.15, -0.1) is 0 Å². The number of nitrogens with zero attached hydrogens (tertiary/aromatic N) is 4. The Hall–Kier alpha value is -2.21. The van der Waals surface area contributed by atoms with E-state index < -0.39 is 0 Å². The summed E-state index contributed by atoms with van der Waals surface area (Å²) in [7, 11) is 0. The minimum Gasteiger partial charge on any atom is -0.342 e. The summed E-state index contributed by atoms with van der Waals surface area (Å²) < 4.78 is 1.94. The van der Waals surface area contributed by atoms with Gasteiger partial charge in [-0.2, -0.15) is 5.10 Å². The first-order valence-electron chi connectivity index (χ1n) is 8.69. The molecule has 1 aromatic carbocycles. The molecule has 3 rings (SSSR count). The molecule has 0 saturated heterocycles. The van der Waals surface area contributed by atoms with Crippen molar-refractivity contribution in [3.8, 4) is 0 Å². The molecule has 2 heterocycles. The minimum atomic E-state index is -0.318. The molecule has 0 saturated carbocycles. The average molecular weight is 327 g/mol. The number of likely N-dealkylation sites (N-methyl/N-ethyl adjacent to an activating group) is 1. The number of aromatic nitrogens is 3. The largest absolute Gasteiger partial charge is 0.342 e. The lowest BCUT2D eigenvalue weighted by atomic mass is 10.0. The number of fused-ring (bicyclic) bond motifs is 1. The smallest absolute Gasteiger partial charge is 0.244 e. The second-order valence-corrected chi connectivity index (χ2v) is 6.11. The summed E-state index contributed by atoms with van der Waals surface area (Å²) in [5.74, 6) is 1.16. The third-order valence-electron chi connectivity index (χ3n) is 4.66. The Kier molecular flexibility index (Phi) is 5.25. The summed E-state index contributed by atoms with van der Waals surface area (Å²) in [6, 6.07) is 9.87. The van der Waals surface area contributed by atoms with E-state index in [4.69, 9.17) is 0 Å². The zero-order valence-electron chi connectivity index (χ0n) is 14.4. The van der Waals surface area contributed by atoms with Crippen LogP contribution < -0.4 is 5.32 Å². The molecular formula is C18H25N5O. The Labute approximate surface area is 142 Å². The van der Waals surface area contributed by atoms with Gasteiger partial charge in [0.1, 0.15) is 18.2 Å². The first-order valence-corrected chi connectivity index (χ1v) is 8.69. The quantitative estimate of drug-likeness (QED) is 0.879. The van der Waals surface area contributed by atoms with E-state index in [1.54, 1.807) is 6.33 Å². The van der Waals surface area contributed by atoms with E-state index in [1.807, 2.05) is 53.8 Å². The van der Waals surface area contributed by atoms with Crippen molar-refractivity contribution in [2.24, 2.45) is 0 Å². The van der Waals surface area contributed by atoms with Gasteiger partial charge in [0.15, 0.2) is 0 Å². The first-order chi connectivity index (χ1) is 11.7. The zero-order chi connectivity index (χ0) is 16.9. The monoisotopic (exact) mass is 327 g/mol. The number of nitrogens with one attached hydrogen (secondary N) is 1. The predicted molar refractivity (Wildman–Crippen MR) is 92.4 cm³/mol. The van der Waals surface area contributed by atoms with Crippen LogP contribution in [0.25, 0.3) is 0 Å². The van der Waals surface area contributed by atoms with Crippen molar-refractivity contribution < 1.29 is 4.79 Å². The van der Waals surface area contributed by atoms with Gasteiger partial charge in [0.05, 0.1) is 6.54 Å². The summed E-state index contributed by atoms with van der Waals surface area (Å²) in [4.78, 5) is 19.2. The molecule has 0 spiro atoms. The van der Waals surface area contributed by atoms with Gasteiger partial charge < -0.3 is 4.90 Å². The highest BCUT2D eigenvalue weighted by atomic mass is 16.2. The highest BCUT2D eigenvalue weighted by Crippen LogP contribution is 2.20. The molecule has 6 nitrogen and oxygen atoms in total. The maximum Gasteiger partial charge on any atom is 0.244 e. The predicted octanol–water partition coefficient (Wildman–Crippen LogP) is 1.79. The number of aryl methyl sites for hydroxylation is 1. The molecule has 1 amide bonds. The van der Waals surface area contributed by atoms with Crippen LogP contribution in [-0.2, 0) is 17.8 Å². The first kappa shape index (κ1) is 16.6. The summed E-state index contributed by atoms with van der Waals surface area (Å²) in [6.45, 7) is 6.23. The van der Waals surface area contributed by atoms with Crippen molar-refractivity contribution in [1.29, 1.82) is 0 Å². The van der Waals surface area contributed by atoms with Crippen molar-refractivity contribution >= 4 is 5.91 Å². The Bertz CT molecular complexity index is 665. The van der Waals surface area contributed by atoms with Crippen LogP contribution in [0.15, 0.2) is 36.7 Å². The molecule has 1 N–H and O–H groups in total. The normalized spacial score (nSPS) is 18.0. The van der Waals surface area contributed by atoms with Gasteiger partial charge in [0, 0.05) is 25.6 Å². The van der Waals surface area contributed by atoms with Crippen LogP contribution in [0.3, 0.4) is 0 Å². The van der Waals surface area contributed by atoms with Crippen LogP contribution in [0, 0.1) is 0 Å². The van der Waals surface area contributed by atoms with Crippen molar-refractivity contribution in [3.63, 3.8) is 0 Å². The van der Waals surface area contributed by atoms with Gasteiger partial charge in [-0.1, -0.05) is 30.3 Å². The van der Waals surface area contributed by atoms with Crippen molar-refractivity contribution in [3.05, 3.63) is 48.0 Å². The van der Waals surface area contributed by atoms with Crippen LogP contribution in [-0.4, -0.2) is 44.7 Å². The van der Waals surface area contributed by atoms with Crippen LogP contribution in [0.2, 0.25) is 0 Å². The highest BCUT2D eigenvalue weighted by Gasteiger charge is 2.29. The number of carbonyl (C=O) groups is 1. The van der Waals surface area contributed by atoms with Crippen LogP contribution in [0.1, 0.15) is 37.7 Å². The second kappa shape index (κ2) is 7.57. The van der Waals surface area contributed by atoms with Crippen LogP contribution in [0.4, 0.5) is 0 Å². The standard InChI is InChI=1S/C18H25N5O/c1-3-22(4-2)18(24)17(14-8-6-5-7-9-14)21-15-10-11-16-19-13-20-23(16)12-15/h5-9,13,15,17,21H,3-4,10-12H2,1-2H3/t15-,17+/m0/s1. The van der Waals surface area contributed by atoms with Crippen molar-refractivity contribution in [2.45, 2.75) is 45.3 Å². The summed E-state index contributed by atoms with van der Waals surface area (Å²) in [5.41, 5.74) is 1.01. The Morgan fingerprint density at radius 1 is 1.33 bits per heavy atom. The number of hydrogen-bond donors (Lipinski definition) is 1. The molecule has 1 aromatic heterocycles. The molecule has 1 aliphatic heterocycles. The van der Waals surface area contributed by atoms with Crippen LogP contribution >= 0.6 is 0 Å². The maximum atomic E-state index is 13.0. The summed E-state index contributed by atoms with van der Waals surface area (Å²) in [6.07, 6.45) is 3.46. The second-order valence-electron chi connectivity index (χ2n) is 6.11. The summed E-state index contributed by atoms with van der Waals surface area (Å²) >= 11 is 0. The number of amides is 1. The van der Waals surface area contributed by atoms with Crippen molar-refractivity contribution in [1.82, 2.24) is 25.0 Å². The third kappa shape index (κ3) is 3.48. The average Bonchev–Trinajstić information content (AvgIpc) is 3.09. The molecule has 0 bridgehead atoms. The molecule has 0 unspecified atom stereocenters. The molecular weight excluding hydrogens is 302 g/mol. The fourth-order valence-corrected chi connectivity index (χ4v) is 3.28. The van der Waals surface area contributed by atoms with Gasteiger partial charge in [-0.05, 0) is 25.8 Å². The van der Waals surface area contributed by atoms with E-state index in [2.05, 4.69) is 15.4 Å². The fourth-order valence-electron chi connectivity index (χ4n) is 3.28. The minimum absolute atomic E-state index is 0.135. The Morgan fingerprint density at radius 2 is 2.08 bits per heavy atom. The lowest BCUT2D eigenvalue weighted by molar-refractivity contribution is -0.133. The molecule has 2 aromatic rings. The molecule has 0 aliphatic carbocycles. The molecule has 6 heteroatoms. The molecule has 2 atom stereocenters. The molecule has 128 valence electrons. The van der Waals surface area contributed by atoms with E-state index in [-0.39, 0.29) is 18.0 Å². The van der Waals surface area contributed by atoms with Gasteiger partial charge in [-0.25, -0.2) is 9.67 Å². The number of hydrogen-bond acceptors (Lipinski definition) is 4. The van der Waals surface area contributed by atoms with Crippen molar-refractivity contribution in [2.75, 3.05) is 13.1 Å². The van der Waals surface area contributed by atoms with E-state index in [0.717, 1.165) is 43.9 Å². The molecule has 24 heavy (non-hydrogen) atoms. The lowest BCUT2D eigenvalue weighted by Crippen LogP contribution is -2.47. The van der Waals surface area contributed by atoms with Gasteiger partial charge in [0.2, 0.25) is 5.91 Å². The van der Waals surface area contributed by atoms with Crippen LogP contribution in [0.5, 0.6) is 0 Å². The highest BCUT2D eigenvalue weighted by molar-refractivity contribution is 5.83. The maximum absolute atomic E-state index is 13.0. The van der Waals surface area contributed by atoms with E-state index in [0.29, 0.717) is 0 Å². The van der Waals surface area contributed by atoms with Gasteiger partial charge in [-0.3, -0.25) is 10.1 Å². The van der Waals surface area contributed by atoms with E-state index in [1.165, 1.54) is 0 Å². The lowest BCUT2D eigenvalue weighted by Gasteiger charge is -2.31.